The molecule has 1 saturated heterocycles. The van der Waals surface area contributed by atoms with E-state index in [1.807, 2.05) is 11.0 Å². The highest BCUT2D eigenvalue weighted by atomic mass is 35.5. The topological polar surface area (TPSA) is 84.5 Å². The lowest BCUT2D eigenvalue weighted by atomic mass is 10.1. The first-order chi connectivity index (χ1) is 14.1. The molecule has 8 nitrogen and oxygen atoms in total. The highest BCUT2D eigenvalue weighted by Gasteiger charge is 2.19. The molecule has 1 aliphatic heterocycles. The molecule has 1 aliphatic rings. The first kappa shape index (κ1) is 19.4. The van der Waals surface area contributed by atoms with Gasteiger partial charge in [0.25, 0.3) is 5.91 Å². The quantitative estimate of drug-likeness (QED) is 0.627. The normalized spacial score (nSPS) is 14.3. The summed E-state index contributed by atoms with van der Waals surface area (Å²) in [5.74, 6) is 0.515. The van der Waals surface area contributed by atoms with E-state index in [1.165, 1.54) is 15.5 Å². The minimum atomic E-state index is -0.155. The van der Waals surface area contributed by atoms with Gasteiger partial charge in [-0.15, -0.1) is 5.10 Å². The van der Waals surface area contributed by atoms with Crippen LogP contribution in [0.2, 0.25) is 5.02 Å². The molecule has 0 aromatic carbocycles. The Morgan fingerprint density at radius 2 is 2.03 bits per heavy atom. The zero-order chi connectivity index (χ0) is 20.2. The molecule has 1 N–H and O–H groups in total. The van der Waals surface area contributed by atoms with Gasteiger partial charge in [-0.05, 0) is 43.9 Å². The number of aromatic nitrogens is 4. The molecule has 1 amide bonds. The molecule has 0 atom stereocenters. The van der Waals surface area contributed by atoms with Crippen molar-refractivity contribution in [1.29, 1.82) is 0 Å². The van der Waals surface area contributed by atoms with Crippen LogP contribution in [0.25, 0.3) is 5.65 Å². The van der Waals surface area contributed by atoms with Gasteiger partial charge in [0.05, 0.1) is 10.6 Å². The molecule has 9 heteroatoms. The number of hydrogen-bond donors (Lipinski definition) is 1. The third kappa shape index (κ3) is 4.27. The fraction of sp³-hybridized carbons (Fsp3) is 0.400. The summed E-state index contributed by atoms with van der Waals surface area (Å²) in [6, 6.07) is 7.11. The molecule has 4 heterocycles. The first-order valence-corrected chi connectivity index (χ1v) is 10.2. The fourth-order valence-corrected chi connectivity index (χ4v) is 3.75. The van der Waals surface area contributed by atoms with Crippen LogP contribution in [0.15, 0.2) is 41.5 Å². The molecular formula is C20H23ClN6O2. The molecule has 3 aromatic rings. The Morgan fingerprint density at radius 1 is 1.21 bits per heavy atom. The smallest absolute Gasteiger partial charge is 0.350 e. The highest BCUT2D eigenvalue weighted by Crippen LogP contribution is 2.22. The van der Waals surface area contributed by atoms with Crippen LogP contribution >= 0.6 is 11.6 Å². The van der Waals surface area contributed by atoms with Crippen molar-refractivity contribution in [3.8, 4) is 0 Å². The number of piperidine rings is 1. The van der Waals surface area contributed by atoms with E-state index < -0.39 is 0 Å². The average molecular weight is 415 g/mol. The van der Waals surface area contributed by atoms with Gasteiger partial charge in [-0.1, -0.05) is 17.7 Å². The second kappa shape index (κ2) is 8.65. The lowest BCUT2D eigenvalue weighted by Crippen LogP contribution is -2.35. The second-order valence-electron chi connectivity index (χ2n) is 7.12. The summed E-state index contributed by atoms with van der Waals surface area (Å²) in [4.78, 5) is 31.0. The molecule has 29 heavy (non-hydrogen) atoms. The van der Waals surface area contributed by atoms with Crippen LogP contribution in [0.3, 0.4) is 0 Å². The van der Waals surface area contributed by atoms with Crippen LogP contribution < -0.4 is 11.0 Å². The van der Waals surface area contributed by atoms with Crippen LogP contribution in [0, 0.1) is 0 Å². The summed E-state index contributed by atoms with van der Waals surface area (Å²) in [6.45, 7) is 2.64. The molecule has 3 aromatic heterocycles. The Morgan fingerprint density at radius 3 is 2.79 bits per heavy atom. The van der Waals surface area contributed by atoms with Crippen LogP contribution in [-0.4, -0.2) is 49.6 Å². The van der Waals surface area contributed by atoms with Gasteiger partial charge >= 0.3 is 5.69 Å². The maximum Gasteiger partial charge on any atom is 0.350 e. The third-order valence-corrected chi connectivity index (χ3v) is 5.35. The Labute approximate surface area is 173 Å². The van der Waals surface area contributed by atoms with Gasteiger partial charge < -0.3 is 10.2 Å². The number of hydrogen-bond acceptors (Lipinski definition) is 5. The monoisotopic (exact) mass is 414 g/mol. The van der Waals surface area contributed by atoms with Gasteiger partial charge in [0.1, 0.15) is 5.82 Å². The third-order valence-electron chi connectivity index (χ3n) is 5.06. The Kier molecular flexibility index (Phi) is 5.80. The van der Waals surface area contributed by atoms with E-state index in [9.17, 15) is 9.59 Å². The Balaban J connectivity index is 1.33. The summed E-state index contributed by atoms with van der Waals surface area (Å²) < 4.78 is 2.97. The Bertz CT molecular complexity index is 1070. The SMILES string of the molecule is O=C(c1cnc(NCCCn2nc3ccccn3c2=O)c(Cl)c1)N1CCCCC1. The van der Waals surface area contributed by atoms with Crippen molar-refractivity contribution < 1.29 is 4.79 Å². The predicted octanol–water partition coefficient (Wildman–Crippen LogP) is 2.67. The zero-order valence-corrected chi connectivity index (χ0v) is 16.8. The average Bonchev–Trinajstić information content (AvgIpc) is 3.08. The van der Waals surface area contributed by atoms with E-state index in [-0.39, 0.29) is 11.6 Å². The number of rotatable bonds is 6. The van der Waals surface area contributed by atoms with Crippen molar-refractivity contribution in [2.75, 3.05) is 25.0 Å². The highest BCUT2D eigenvalue weighted by molar-refractivity contribution is 6.33. The molecule has 0 saturated carbocycles. The molecule has 0 unspecified atom stereocenters. The molecule has 0 spiro atoms. The zero-order valence-electron chi connectivity index (χ0n) is 16.1. The van der Waals surface area contributed by atoms with Gasteiger partial charge in [0.15, 0.2) is 5.65 Å². The van der Waals surface area contributed by atoms with Gasteiger partial charge in [0.2, 0.25) is 0 Å². The van der Waals surface area contributed by atoms with Crippen molar-refractivity contribution in [2.45, 2.75) is 32.2 Å². The minimum absolute atomic E-state index is 0.0168. The van der Waals surface area contributed by atoms with Crippen molar-refractivity contribution >= 4 is 29.0 Å². The molecule has 0 aliphatic carbocycles. The van der Waals surface area contributed by atoms with Gasteiger partial charge in [-0.2, -0.15) is 0 Å². The van der Waals surface area contributed by atoms with Crippen molar-refractivity contribution in [1.82, 2.24) is 24.1 Å². The van der Waals surface area contributed by atoms with Gasteiger partial charge in [-0.3, -0.25) is 9.20 Å². The number of likely N-dealkylation sites (tertiary alicyclic amines) is 1. The largest absolute Gasteiger partial charge is 0.369 e. The van der Waals surface area contributed by atoms with Gasteiger partial charge in [0, 0.05) is 38.6 Å². The Hall–Kier alpha value is -2.87. The lowest BCUT2D eigenvalue weighted by Gasteiger charge is -2.26. The summed E-state index contributed by atoms with van der Waals surface area (Å²) >= 11 is 6.32. The maximum absolute atomic E-state index is 12.6. The molecule has 4 rings (SSSR count). The van der Waals surface area contributed by atoms with E-state index in [2.05, 4.69) is 15.4 Å². The molecular weight excluding hydrogens is 392 g/mol. The number of carbonyl (C=O) groups is 1. The van der Waals surface area contributed by atoms with E-state index in [0.717, 1.165) is 25.9 Å². The number of amides is 1. The maximum atomic E-state index is 12.6. The number of fused-ring (bicyclic) bond motifs is 1. The molecule has 0 radical (unpaired) electrons. The van der Waals surface area contributed by atoms with Crippen LogP contribution in [0.4, 0.5) is 5.82 Å². The minimum Gasteiger partial charge on any atom is -0.369 e. The second-order valence-corrected chi connectivity index (χ2v) is 7.53. The number of aryl methyl sites for hydroxylation is 1. The van der Waals surface area contributed by atoms with Crippen molar-refractivity contribution in [3.05, 3.63) is 57.7 Å². The fourth-order valence-electron chi connectivity index (χ4n) is 3.51. The summed E-state index contributed by atoms with van der Waals surface area (Å²) in [6.07, 6.45) is 7.21. The predicted molar refractivity (Wildman–Crippen MR) is 112 cm³/mol. The van der Waals surface area contributed by atoms with Crippen LogP contribution in [0.5, 0.6) is 0 Å². The van der Waals surface area contributed by atoms with Gasteiger partial charge in [-0.25, -0.2) is 14.5 Å². The van der Waals surface area contributed by atoms with Crippen molar-refractivity contribution in [3.63, 3.8) is 0 Å². The molecule has 152 valence electrons. The number of pyridine rings is 2. The number of anilines is 1. The van der Waals surface area contributed by atoms with Crippen molar-refractivity contribution in [2.24, 2.45) is 0 Å². The van der Waals surface area contributed by atoms with E-state index in [1.54, 1.807) is 30.6 Å². The summed E-state index contributed by atoms with van der Waals surface area (Å²) in [5.41, 5.74) is 0.986. The number of nitrogens with one attached hydrogen (secondary N) is 1. The number of halogens is 1. The van der Waals surface area contributed by atoms with E-state index in [4.69, 9.17) is 11.6 Å². The lowest BCUT2D eigenvalue weighted by molar-refractivity contribution is 0.0724. The summed E-state index contributed by atoms with van der Waals surface area (Å²) in [7, 11) is 0. The molecule has 1 fully saturated rings. The van der Waals surface area contributed by atoms with Crippen LogP contribution in [-0.2, 0) is 6.54 Å². The summed E-state index contributed by atoms with van der Waals surface area (Å²) in [5, 5.41) is 7.88. The molecule has 0 bridgehead atoms. The standard InChI is InChI=1S/C20H23ClN6O2/c21-16-13-15(19(28)25-9-3-1-4-10-25)14-23-18(16)22-8-6-12-27-20(29)26-11-5-2-7-17(26)24-27/h2,5,7,11,13-14H,1,3-4,6,8-10,12H2,(H,22,23). The van der Waals surface area contributed by atoms with E-state index in [0.29, 0.717) is 41.6 Å². The van der Waals surface area contributed by atoms with E-state index >= 15 is 0 Å². The van der Waals surface area contributed by atoms with Crippen LogP contribution in [0.1, 0.15) is 36.0 Å². The number of carbonyl (C=O) groups excluding carboxylic acids is 1. The number of nitrogens with zero attached hydrogens (tertiary/aromatic N) is 5. The first-order valence-electron chi connectivity index (χ1n) is 9.86.